The van der Waals surface area contributed by atoms with E-state index in [-0.39, 0.29) is 31.8 Å². The quantitative estimate of drug-likeness (QED) is 0.316. The van der Waals surface area contributed by atoms with Crippen molar-refractivity contribution in [3.63, 3.8) is 0 Å². The van der Waals surface area contributed by atoms with Crippen LogP contribution in [0.15, 0.2) is 60.7 Å². The zero-order chi connectivity index (χ0) is 26.0. The molecule has 0 saturated heterocycles. The average Bonchev–Trinajstić information content (AvgIpc) is 2.90. The van der Waals surface area contributed by atoms with Gasteiger partial charge in [-0.3, -0.25) is 0 Å². The summed E-state index contributed by atoms with van der Waals surface area (Å²) in [5.74, 6) is 0.837. The van der Waals surface area contributed by atoms with E-state index in [2.05, 4.69) is 30.8 Å². The van der Waals surface area contributed by atoms with Crippen molar-refractivity contribution in [2.75, 3.05) is 33.5 Å². The molecule has 1 saturated carbocycles. The molecule has 0 bridgehead atoms. The molecule has 2 N–H and O–H groups in total. The van der Waals surface area contributed by atoms with Crippen LogP contribution in [0, 0.1) is 0 Å². The Hall–Kier alpha value is -2.87. The van der Waals surface area contributed by atoms with Crippen LogP contribution >= 0.6 is 0 Å². The van der Waals surface area contributed by atoms with Gasteiger partial charge in [-0.1, -0.05) is 50.1 Å². The van der Waals surface area contributed by atoms with Gasteiger partial charge in [0.15, 0.2) is 0 Å². The second-order valence-corrected chi connectivity index (χ2v) is 9.46. The SMILES string of the molecule is C=C(C)C(=O)OCC(O)COc1ccc(C2(c3ccc(OCC(O)COC)cc3)CCCCC2)cc1. The van der Waals surface area contributed by atoms with Gasteiger partial charge >= 0.3 is 5.97 Å². The van der Waals surface area contributed by atoms with Crippen LogP contribution in [0.2, 0.25) is 0 Å². The zero-order valence-electron chi connectivity index (χ0n) is 21.3. The predicted octanol–water partition coefficient (Wildman–Crippen LogP) is 4.18. The van der Waals surface area contributed by atoms with Crippen molar-refractivity contribution in [2.45, 2.75) is 56.7 Å². The zero-order valence-corrected chi connectivity index (χ0v) is 21.3. The van der Waals surface area contributed by atoms with Crippen LogP contribution in [0.25, 0.3) is 0 Å². The number of hydrogen-bond donors (Lipinski definition) is 2. The lowest BCUT2D eigenvalue weighted by atomic mass is 9.65. The fraction of sp³-hybridized carbons (Fsp3) is 0.483. The van der Waals surface area contributed by atoms with E-state index in [9.17, 15) is 15.0 Å². The molecule has 0 spiro atoms. The molecule has 2 atom stereocenters. The van der Waals surface area contributed by atoms with Gasteiger partial charge in [-0.2, -0.15) is 0 Å². The third-order valence-corrected chi connectivity index (χ3v) is 6.52. The monoisotopic (exact) mass is 498 g/mol. The summed E-state index contributed by atoms with van der Waals surface area (Å²) < 4.78 is 21.3. The van der Waals surface area contributed by atoms with Crippen LogP contribution in [0.3, 0.4) is 0 Å². The van der Waals surface area contributed by atoms with E-state index in [1.807, 2.05) is 24.3 Å². The Morgan fingerprint density at radius 1 is 0.833 bits per heavy atom. The highest BCUT2D eigenvalue weighted by atomic mass is 16.5. The average molecular weight is 499 g/mol. The summed E-state index contributed by atoms with van der Waals surface area (Å²) in [6, 6.07) is 16.2. The Morgan fingerprint density at radius 3 is 1.75 bits per heavy atom. The number of methoxy groups -OCH3 is 1. The minimum absolute atomic E-state index is 0.0223. The number of esters is 1. The number of rotatable bonds is 13. The summed E-state index contributed by atoms with van der Waals surface area (Å²) in [7, 11) is 1.55. The first kappa shape index (κ1) is 27.7. The number of carbonyl (C=O) groups is 1. The Balaban J connectivity index is 1.65. The van der Waals surface area contributed by atoms with Crippen molar-refractivity contribution < 1.29 is 34.0 Å². The third-order valence-electron chi connectivity index (χ3n) is 6.52. The number of ether oxygens (including phenoxy) is 4. The number of benzene rings is 2. The number of aliphatic hydroxyl groups excluding tert-OH is 2. The van der Waals surface area contributed by atoms with Gasteiger partial charge in [-0.15, -0.1) is 0 Å². The lowest BCUT2D eigenvalue weighted by Crippen LogP contribution is -2.30. The van der Waals surface area contributed by atoms with Gasteiger partial charge in [0.25, 0.3) is 0 Å². The van der Waals surface area contributed by atoms with Gasteiger partial charge in [-0.05, 0) is 55.2 Å². The summed E-state index contributed by atoms with van der Waals surface area (Å²) in [5, 5.41) is 19.9. The van der Waals surface area contributed by atoms with Gasteiger partial charge in [0.1, 0.15) is 43.5 Å². The molecular weight excluding hydrogens is 460 g/mol. The lowest BCUT2D eigenvalue weighted by Gasteiger charge is -2.38. The molecule has 0 aromatic heterocycles. The van der Waals surface area contributed by atoms with E-state index in [0.29, 0.717) is 11.3 Å². The Kier molecular flexibility index (Phi) is 10.3. The normalized spacial score (nSPS) is 16.6. The molecule has 1 aliphatic carbocycles. The van der Waals surface area contributed by atoms with Gasteiger partial charge in [0, 0.05) is 18.1 Å². The second kappa shape index (κ2) is 13.4. The van der Waals surface area contributed by atoms with Crippen molar-refractivity contribution in [2.24, 2.45) is 0 Å². The van der Waals surface area contributed by atoms with Crippen molar-refractivity contribution in [3.8, 4) is 11.5 Å². The summed E-state index contributed by atoms with van der Waals surface area (Å²) >= 11 is 0. The van der Waals surface area contributed by atoms with Crippen LogP contribution in [0.1, 0.15) is 50.2 Å². The number of aliphatic hydroxyl groups is 2. The van der Waals surface area contributed by atoms with E-state index >= 15 is 0 Å². The smallest absolute Gasteiger partial charge is 0.333 e. The van der Waals surface area contributed by atoms with Gasteiger partial charge in [-0.25, -0.2) is 4.79 Å². The van der Waals surface area contributed by atoms with Crippen molar-refractivity contribution >= 4 is 5.97 Å². The lowest BCUT2D eigenvalue weighted by molar-refractivity contribution is -0.142. The molecule has 2 aromatic carbocycles. The molecule has 1 fully saturated rings. The highest BCUT2D eigenvalue weighted by Gasteiger charge is 2.35. The Labute approximate surface area is 213 Å². The first-order chi connectivity index (χ1) is 17.3. The Bertz CT molecular complexity index is 962. The maximum absolute atomic E-state index is 11.5. The number of hydrogen-bond acceptors (Lipinski definition) is 7. The molecular formula is C29H38O7. The van der Waals surface area contributed by atoms with Gasteiger partial charge < -0.3 is 29.2 Å². The van der Waals surface area contributed by atoms with Crippen molar-refractivity contribution in [1.29, 1.82) is 0 Å². The minimum Gasteiger partial charge on any atom is -0.491 e. The highest BCUT2D eigenvalue weighted by Crippen LogP contribution is 2.45. The first-order valence-electron chi connectivity index (χ1n) is 12.5. The van der Waals surface area contributed by atoms with Crippen LogP contribution < -0.4 is 9.47 Å². The molecule has 2 unspecified atom stereocenters. The summed E-state index contributed by atoms with van der Waals surface area (Å²) in [4.78, 5) is 11.5. The molecule has 36 heavy (non-hydrogen) atoms. The molecule has 1 aliphatic rings. The molecule has 2 aromatic rings. The van der Waals surface area contributed by atoms with E-state index in [1.165, 1.54) is 17.5 Å². The predicted molar refractivity (Wildman–Crippen MR) is 137 cm³/mol. The largest absolute Gasteiger partial charge is 0.491 e. The molecule has 0 amide bonds. The molecule has 0 radical (unpaired) electrons. The third kappa shape index (κ3) is 7.56. The molecule has 0 heterocycles. The molecule has 7 nitrogen and oxygen atoms in total. The Morgan fingerprint density at radius 2 is 1.31 bits per heavy atom. The maximum atomic E-state index is 11.5. The standard InChI is InChI=1S/C29H38O7/c1-21(2)28(32)36-20-25(31)19-35-27-13-9-23(10-14-27)29(15-5-4-6-16-29)22-7-11-26(12-8-22)34-18-24(30)17-33-3/h7-14,24-25,30-31H,1,4-6,15-20H2,2-3H3. The fourth-order valence-corrected chi connectivity index (χ4v) is 4.61. The minimum atomic E-state index is -0.922. The molecule has 3 rings (SSSR count). The van der Waals surface area contributed by atoms with Crippen LogP contribution in [-0.2, 0) is 19.7 Å². The van der Waals surface area contributed by atoms with Gasteiger partial charge in [0.05, 0.1) is 6.61 Å². The fourth-order valence-electron chi connectivity index (χ4n) is 4.61. The summed E-state index contributed by atoms with van der Waals surface area (Å²) in [6.07, 6.45) is 4.10. The molecule has 196 valence electrons. The van der Waals surface area contributed by atoms with E-state index in [0.717, 1.165) is 31.4 Å². The topological polar surface area (TPSA) is 94.5 Å². The second-order valence-electron chi connectivity index (χ2n) is 9.46. The van der Waals surface area contributed by atoms with E-state index < -0.39 is 18.2 Å². The van der Waals surface area contributed by atoms with E-state index in [1.54, 1.807) is 14.0 Å². The number of carbonyl (C=O) groups excluding carboxylic acids is 1. The van der Waals surface area contributed by atoms with E-state index in [4.69, 9.17) is 18.9 Å². The summed E-state index contributed by atoms with van der Waals surface area (Å²) in [5.41, 5.74) is 2.68. The maximum Gasteiger partial charge on any atom is 0.333 e. The summed E-state index contributed by atoms with van der Waals surface area (Å²) in [6.45, 7) is 5.38. The van der Waals surface area contributed by atoms with Crippen LogP contribution in [0.5, 0.6) is 11.5 Å². The van der Waals surface area contributed by atoms with Crippen LogP contribution in [-0.4, -0.2) is 61.9 Å². The highest BCUT2D eigenvalue weighted by molar-refractivity contribution is 5.86. The van der Waals surface area contributed by atoms with Crippen LogP contribution in [0.4, 0.5) is 0 Å². The van der Waals surface area contributed by atoms with Crippen molar-refractivity contribution in [3.05, 3.63) is 71.8 Å². The first-order valence-corrected chi connectivity index (χ1v) is 12.5. The van der Waals surface area contributed by atoms with Crippen molar-refractivity contribution in [1.82, 2.24) is 0 Å². The molecule has 0 aliphatic heterocycles. The molecule has 7 heteroatoms. The van der Waals surface area contributed by atoms with Gasteiger partial charge in [0.2, 0.25) is 0 Å².